The Morgan fingerprint density at radius 3 is 1.50 bits per heavy atom. The van der Waals surface area contributed by atoms with Crippen LogP contribution < -0.4 is 0 Å². The Bertz CT molecular complexity index is 4130. The molecule has 0 aliphatic heterocycles. The van der Waals surface area contributed by atoms with Crippen molar-refractivity contribution in [1.29, 1.82) is 0 Å². The van der Waals surface area contributed by atoms with E-state index in [1.165, 1.54) is 86.7 Å². The molecule has 5 heteroatoms. The van der Waals surface area contributed by atoms with Crippen molar-refractivity contribution >= 4 is 53.3 Å². The Labute approximate surface area is 409 Å². The zero-order valence-corrected chi connectivity index (χ0v) is 38.9. The van der Waals surface area contributed by atoms with E-state index in [-0.39, 0.29) is 0 Å². The molecule has 0 fully saturated rings. The van der Waals surface area contributed by atoms with Crippen molar-refractivity contribution in [1.82, 2.24) is 19.5 Å². The molecule has 3 heterocycles. The maximum Gasteiger partial charge on any atom is 0.164 e. The summed E-state index contributed by atoms with van der Waals surface area (Å²) in [6, 6.07) is 83.7. The second kappa shape index (κ2) is 16.5. The molecule has 328 valence electrons. The van der Waals surface area contributed by atoms with Crippen molar-refractivity contribution in [3.8, 4) is 73.2 Å². The van der Waals surface area contributed by atoms with Crippen molar-refractivity contribution in [3.63, 3.8) is 0 Å². The molecule has 70 heavy (non-hydrogen) atoms. The zero-order valence-electron chi connectivity index (χ0n) is 38.1. The normalized spacial score (nSPS) is 12.2. The van der Waals surface area contributed by atoms with E-state index >= 15 is 0 Å². The summed E-state index contributed by atoms with van der Waals surface area (Å²) in [7, 11) is 0. The fourth-order valence-electron chi connectivity index (χ4n) is 10.9. The standard InChI is InChI=1S/C65H42N4S/c1-3-16-41(17-4-1)63-66-64(42-18-5-2-6-19-42)68-65(67-63)54-27-15-29-61-62(54)57-39-44(32-35-60(57)70-61)43-31-34-59-56(38-43)53-26-13-14-28-58(53)69(59)49-33-30-48-37-46-21-8-11-24-51(46)50-23-10-7-20-45(50)36-47-22-9-12-25-52(47)55(48)40-49/h1-35,38-40H,36-37H2. The van der Waals surface area contributed by atoms with Gasteiger partial charge in [0, 0.05) is 53.3 Å². The number of aromatic nitrogens is 4. The lowest BCUT2D eigenvalue weighted by Gasteiger charge is -2.21. The second-order valence-electron chi connectivity index (χ2n) is 18.3. The number of para-hydroxylation sites is 1. The molecule has 10 aromatic carbocycles. The van der Waals surface area contributed by atoms with Gasteiger partial charge in [-0.3, -0.25) is 0 Å². The molecule has 0 N–H and O–H groups in total. The Morgan fingerprint density at radius 1 is 0.314 bits per heavy atom. The minimum atomic E-state index is 0.656. The maximum absolute atomic E-state index is 5.16. The van der Waals surface area contributed by atoms with Gasteiger partial charge in [0.25, 0.3) is 0 Å². The van der Waals surface area contributed by atoms with Crippen LogP contribution in [-0.4, -0.2) is 19.5 Å². The van der Waals surface area contributed by atoms with Gasteiger partial charge >= 0.3 is 0 Å². The van der Waals surface area contributed by atoms with E-state index < -0.39 is 0 Å². The monoisotopic (exact) mass is 910 g/mol. The first-order chi connectivity index (χ1) is 34.7. The van der Waals surface area contributed by atoms with Crippen LogP contribution in [0.4, 0.5) is 0 Å². The lowest BCUT2D eigenvalue weighted by atomic mass is 9.84. The highest BCUT2D eigenvalue weighted by Gasteiger charge is 2.22. The number of fused-ring (bicyclic) bond motifs is 12. The van der Waals surface area contributed by atoms with Crippen LogP contribution in [0.3, 0.4) is 0 Å². The van der Waals surface area contributed by atoms with Crippen molar-refractivity contribution < 1.29 is 0 Å². The lowest BCUT2D eigenvalue weighted by molar-refractivity contribution is 1.08. The Balaban J connectivity index is 0.905. The Kier molecular flexibility index (Phi) is 9.49. The highest BCUT2D eigenvalue weighted by atomic mass is 32.1. The predicted octanol–water partition coefficient (Wildman–Crippen LogP) is 16.8. The Hall–Kier alpha value is -8.77. The van der Waals surface area contributed by atoms with Gasteiger partial charge in [0.05, 0.1) is 11.0 Å². The minimum absolute atomic E-state index is 0.656. The van der Waals surface area contributed by atoms with Gasteiger partial charge in [-0.2, -0.15) is 0 Å². The quantitative estimate of drug-likeness (QED) is 0.173. The molecule has 0 radical (unpaired) electrons. The number of hydrogen-bond donors (Lipinski definition) is 0. The van der Waals surface area contributed by atoms with Crippen molar-refractivity contribution in [2.45, 2.75) is 12.8 Å². The lowest BCUT2D eigenvalue weighted by Crippen LogP contribution is -2.04. The molecule has 0 unspecified atom stereocenters. The summed E-state index contributed by atoms with van der Waals surface area (Å²) in [5, 5.41) is 4.80. The fourth-order valence-corrected chi connectivity index (χ4v) is 12.0. The average Bonchev–Trinajstić information content (AvgIpc) is 3.97. The third kappa shape index (κ3) is 6.77. The van der Waals surface area contributed by atoms with Gasteiger partial charge in [0.1, 0.15) is 0 Å². The van der Waals surface area contributed by atoms with E-state index in [0.29, 0.717) is 17.5 Å². The van der Waals surface area contributed by atoms with E-state index in [9.17, 15) is 0 Å². The van der Waals surface area contributed by atoms with Gasteiger partial charge in [0.2, 0.25) is 0 Å². The van der Waals surface area contributed by atoms with Gasteiger partial charge in [-0.15, -0.1) is 11.3 Å². The number of hydrogen-bond acceptors (Lipinski definition) is 4. The van der Waals surface area contributed by atoms with E-state index in [0.717, 1.165) is 46.2 Å². The first-order valence-electron chi connectivity index (χ1n) is 23.9. The van der Waals surface area contributed by atoms with Crippen LogP contribution in [0.15, 0.2) is 231 Å². The van der Waals surface area contributed by atoms with Crippen molar-refractivity contribution in [2.24, 2.45) is 0 Å². The van der Waals surface area contributed by atoms with Crippen molar-refractivity contribution in [3.05, 3.63) is 253 Å². The molecule has 1 aliphatic rings. The third-order valence-corrected chi connectivity index (χ3v) is 15.3. The van der Waals surface area contributed by atoms with Gasteiger partial charge in [0.15, 0.2) is 17.5 Å². The van der Waals surface area contributed by atoms with Gasteiger partial charge < -0.3 is 4.57 Å². The van der Waals surface area contributed by atoms with Crippen LogP contribution >= 0.6 is 11.3 Å². The van der Waals surface area contributed by atoms with Crippen LogP contribution in [0.25, 0.3) is 115 Å². The van der Waals surface area contributed by atoms with Gasteiger partial charge in [-0.1, -0.05) is 182 Å². The highest BCUT2D eigenvalue weighted by molar-refractivity contribution is 7.26. The molecule has 4 nitrogen and oxygen atoms in total. The average molecular weight is 911 g/mol. The maximum atomic E-state index is 5.16. The second-order valence-corrected chi connectivity index (χ2v) is 19.4. The Morgan fingerprint density at radius 2 is 0.829 bits per heavy atom. The largest absolute Gasteiger partial charge is 0.309 e. The number of benzene rings is 10. The van der Waals surface area contributed by atoms with Crippen LogP contribution in [0.1, 0.15) is 22.3 Å². The molecular formula is C65H42N4S. The molecule has 0 amide bonds. The summed E-state index contributed by atoms with van der Waals surface area (Å²) in [6.07, 6.45) is 1.70. The summed E-state index contributed by atoms with van der Waals surface area (Å²) in [5.41, 5.74) is 19.3. The molecule has 0 saturated heterocycles. The van der Waals surface area contributed by atoms with E-state index in [1.807, 2.05) is 47.7 Å². The number of nitrogens with zero attached hydrogens (tertiary/aromatic N) is 4. The molecule has 14 rings (SSSR count). The van der Waals surface area contributed by atoms with Crippen LogP contribution in [0.2, 0.25) is 0 Å². The van der Waals surface area contributed by atoms with Crippen LogP contribution in [0, 0.1) is 0 Å². The van der Waals surface area contributed by atoms with Crippen LogP contribution in [0.5, 0.6) is 0 Å². The van der Waals surface area contributed by atoms with E-state index in [2.05, 4.69) is 199 Å². The summed E-state index contributed by atoms with van der Waals surface area (Å²) in [5.74, 6) is 1.97. The molecule has 1 aliphatic carbocycles. The summed E-state index contributed by atoms with van der Waals surface area (Å²) in [4.78, 5) is 15.3. The molecule has 0 bridgehead atoms. The molecular weight excluding hydrogens is 869 g/mol. The zero-order chi connectivity index (χ0) is 46.1. The smallest absolute Gasteiger partial charge is 0.164 e. The predicted molar refractivity (Wildman–Crippen MR) is 292 cm³/mol. The topological polar surface area (TPSA) is 43.6 Å². The molecule has 0 saturated carbocycles. The summed E-state index contributed by atoms with van der Waals surface area (Å²) >= 11 is 1.81. The van der Waals surface area contributed by atoms with E-state index in [1.54, 1.807) is 0 Å². The first kappa shape index (κ1) is 40.3. The minimum Gasteiger partial charge on any atom is -0.309 e. The van der Waals surface area contributed by atoms with Gasteiger partial charge in [-0.25, -0.2) is 15.0 Å². The summed E-state index contributed by atoms with van der Waals surface area (Å²) in [6.45, 7) is 0. The SMILES string of the molecule is c1ccc(-c2nc(-c3ccccc3)nc(-c3cccc4sc5ccc(-c6ccc7c(c6)c6ccccc6n7-c6ccc7c(c6)-c6ccccc6Cc6ccccc6-c6ccccc6C7)cc5c34)n2)cc1. The molecule has 3 aromatic heterocycles. The number of thiophene rings is 1. The number of rotatable bonds is 5. The van der Waals surface area contributed by atoms with Gasteiger partial charge in [-0.05, 0) is 117 Å². The third-order valence-electron chi connectivity index (χ3n) is 14.2. The fraction of sp³-hybridized carbons (Fsp3) is 0.0308. The molecule has 13 aromatic rings. The molecule has 0 spiro atoms. The molecule has 0 atom stereocenters. The first-order valence-corrected chi connectivity index (χ1v) is 24.7. The van der Waals surface area contributed by atoms with Crippen LogP contribution in [-0.2, 0) is 12.8 Å². The van der Waals surface area contributed by atoms with E-state index in [4.69, 9.17) is 15.0 Å². The highest BCUT2D eigenvalue weighted by Crippen LogP contribution is 2.44. The van der Waals surface area contributed by atoms with Crippen molar-refractivity contribution in [2.75, 3.05) is 0 Å². The summed E-state index contributed by atoms with van der Waals surface area (Å²) < 4.78 is 4.89.